The van der Waals surface area contributed by atoms with Gasteiger partial charge in [0.1, 0.15) is 5.82 Å². The number of nitrogens with zero attached hydrogens (tertiary/aromatic N) is 4. The molecule has 2 heterocycles. The number of halogens is 2. The third-order valence-electron chi connectivity index (χ3n) is 3.82. The number of nitrogens with one attached hydrogen (secondary N) is 2. The van der Waals surface area contributed by atoms with Gasteiger partial charge in [-0.25, -0.2) is 14.6 Å². The van der Waals surface area contributed by atoms with Gasteiger partial charge in [-0.1, -0.05) is 35.0 Å². The number of aromatic nitrogens is 4. The van der Waals surface area contributed by atoms with Gasteiger partial charge in [-0.2, -0.15) is 5.10 Å². The van der Waals surface area contributed by atoms with E-state index in [4.69, 9.17) is 23.2 Å². The highest BCUT2D eigenvalue weighted by Gasteiger charge is 2.14. The highest BCUT2D eigenvalue weighted by Crippen LogP contribution is 2.24. The maximum atomic E-state index is 12.3. The van der Waals surface area contributed by atoms with Crippen LogP contribution in [0.2, 0.25) is 10.0 Å². The molecule has 0 aliphatic rings. The molecule has 0 aliphatic carbocycles. The number of benzene rings is 1. The predicted molar refractivity (Wildman–Crippen MR) is 115 cm³/mol. The third kappa shape index (κ3) is 4.87. The number of hydrogen-bond donors (Lipinski definition) is 2. The minimum absolute atomic E-state index is 0.236. The van der Waals surface area contributed by atoms with Gasteiger partial charge >= 0.3 is 0 Å². The van der Waals surface area contributed by atoms with Gasteiger partial charge < -0.3 is 10.6 Å². The molecule has 0 bridgehead atoms. The number of anilines is 1. The van der Waals surface area contributed by atoms with E-state index in [1.807, 2.05) is 6.26 Å². The Morgan fingerprint density at radius 3 is 2.57 bits per heavy atom. The molecule has 10 heteroatoms. The Hall–Kier alpha value is -2.03. The average molecular weight is 439 g/mol. The zero-order valence-electron chi connectivity index (χ0n) is 15.7. The van der Waals surface area contributed by atoms with Crippen LogP contribution < -0.4 is 10.6 Å². The maximum absolute atomic E-state index is 12.3. The second-order valence-corrected chi connectivity index (χ2v) is 8.02. The summed E-state index contributed by atoms with van der Waals surface area (Å²) in [4.78, 5) is 21.4. The molecule has 0 aliphatic heterocycles. The van der Waals surface area contributed by atoms with Crippen molar-refractivity contribution in [2.75, 3.05) is 18.1 Å². The molecule has 3 aromatic rings. The quantitative estimate of drug-likeness (QED) is 0.426. The molecule has 2 aromatic heterocycles. The summed E-state index contributed by atoms with van der Waals surface area (Å²) < 4.78 is 1.76. The smallest absolute Gasteiger partial charge is 0.251 e. The Kier molecular flexibility index (Phi) is 6.64. The van der Waals surface area contributed by atoms with Gasteiger partial charge in [-0.15, -0.1) is 0 Å². The second kappa shape index (κ2) is 8.98. The fourth-order valence-corrected chi connectivity index (χ4v) is 3.52. The summed E-state index contributed by atoms with van der Waals surface area (Å²) in [5.41, 5.74) is 1.14. The first-order valence-electron chi connectivity index (χ1n) is 8.65. The molecule has 148 valence electrons. The van der Waals surface area contributed by atoms with Crippen LogP contribution in [0.5, 0.6) is 0 Å². The number of thioether (sulfide) groups is 1. The lowest BCUT2D eigenvalue weighted by Gasteiger charge is -2.11. The number of carbonyl (C=O) groups is 1. The number of hydrogen-bond acceptors (Lipinski definition) is 6. The first-order chi connectivity index (χ1) is 13.4. The van der Waals surface area contributed by atoms with Crippen molar-refractivity contribution < 1.29 is 4.79 Å². The van der Waals surface area contributed by atoms with Gasteiger partial charge in [0.15, 0.2) is 10.8 Å². The van der Waals surface area contributed by atoms with Crippen molar-refractivity contribution in [1.82, 2.24) is 25.1 Å². The molecule has 0 saturated heterocycles. The maximum Gasteiger partial charge on any atom is 0.251 e. The Labute approximate surface area is 177 Å². The van der Waals surface area contributed by atoms with Gasteiger partial charge in [0.2, 0.25) is 0 Å². The average Bonchev–Trinajstić information content (AvgIpc) is 3.03. The molecular weight excluding hydrogens is 419 g/mol. The fourth-order valence-electron chi connectivity index (χ4n) is 2.64. The van der Waals surface area contributed by atoms with E-state index in [-0.39, 0.29) is 11.9 Å². The lowest BCUT2D eigenvalue weighted by atomic mass is 10.2. The minimum Gasteiger partial charge on any atom is -0.367 e. The van der Waals surface area contributed by atoms with Crippen LogP contribution in [0.25, 0.3) is 11.0 Å². The monoisotopic (exact) mass is 438 g/mol. The third-order valence-corrected chi connectivity index (χ3v) is 4.80. The van der Waals surface area contributed by atoms with E-state index in [0.717, 1.165) is 16.9 Å². The summed E-state index contributed by atoms with van der Waals surface area (Å²) in [6, 6.07) is 4.98. The van der Waals surface area contributed by atoms with Crippen molar-refractivity contribution in [3.63, 3.8) is 0 Å². The largest absolute Gasteiger partial charge is 0.367 e. The van der Waals surface area contributed by atoms with Crippen molar-refractivity contribution >= 4 is 57.7 Å². The van der Waals surface area contributed by atoms with Gasteiger partial charge in [0.25, 0.3) is 5.91 Å². The summed E-state index contributed by atoms with van der Waals surface area (Å²) >= 11 is 13.4. The molecule has 0 unspecified atom stereocenters. The van der Waals surface area contributed by atoms with E-state index < -0.39 is 0 Å². The molecule has 0 spiro atoms. The van der Waals surface area contributed by atoms with Crippen LogP contribution in [0, 0.1) is 0 Å². The molecule has 2 N–H and O–H groups in total. The summed E-state index contributed by atoms with van der Waals surface area (Å²) in [5, 5.41) is 12.9. The lowest BCUT2D eigenvalue weighted by Crippen LogP contribution is -2.27. The van der Waals surface area contributed by atoms with Crippen LogP contribution in [0.3, 0.4) is 0 Å². The van der Waals surface area contributed by atoms with Crippen molar-refractivity contribution in [2.45, 2.75) is 31.6 Å². The molecule has 7 nitrogen and oxygen atoms in total. The summed E-state index contributed by atoms with van der Waals surface area (Å²) in [5.74, 6) is 0.510. The Morgan fingerprint density at radius 2 is 1.93 bits per heavy atom. The van der Waals surface area contributed by atoms with Crippen LogP contribution in [0.1, 0.15) is 24.2 Å². The topological polar surface area (TPSA) is 84.7 Å². The molecular formula is C18H20Cl2N6OS. The van der Waals surface area contributed by atoms with E-state index >= 15 is 0 Å². The van der Waals surface area contributed by atoms with E-state index in [1.54, 1.807) is 29.1 Å². The first kappa shape index (κ1) is 20.7. The molecule has 0 fully saturated rings. The number of fused-ring (bicyclic) bond motifs is 1. The molecule has 3 rings (SSSR count). The van der Waals surface area contributed by atoms with Gasteiger partial charge in [-0.3, -0.25) is 4.79 Å². The lowest BCUT2D eigenvalue weighted by molar-refractivity contribution is 0.0952. The second-order valence-electron chi connectivity index (χ2n) is 6.38. The standard InChI is InChI=1S/C18H20Cl2N6OS/c1-10(2)23-15-14-9-22-26(16(14)25-18(24-15)28-3)5-4-21-17(27)11-6-12(19)8-13(20)7-11/h6-10H,4-5H2,1-3H3,(H,21,27)(H,23,24,25). The normalized spacial score (nSPS) is 11.2. The Balaban J connectivity index is 1.74. The molecule has 1 amide bonds. The Morgan fingerprint density at radius 1 is 1.21 bits per heavy atom. The highest BCUT2D eigenvalue weighted by molar-refractivity contribution is 7.98. The van der Waals surface area contributed by atoms with Gasteiger partial charge in [-0.05, 0) is 38.3 Å². The zero-order chi connectivity index (χ0) is 20.3. The number of amides is 1. The Bertz CT molecular complexity index is 987. The molecule has 0 saturated carbocycles. The van der Waals surface area contributed by atoms with E-state index in [0.29, 0.717) is 33.9 Å². The van der Waals surface area contributed by atoms with Crippen molar-refractivity contribution in [1.29, 1.82) is 0 Å². The molecule has 1 aromatic carbocycles. The van der Waals surface area contributed by atoms with Crippen LogP contribution in [-0.4, -0.2) is 44.5 Å². The minimum atomic E-state index is -0.248. The zero-order valence-corrected chi connectivity index (χ0v) is 18.0. The molecule has 0 radical (unpaired) electrons. The van der Waals surface area contributed by atoms with E-state index in [2.05, 4.69) is 39.5 Å². The van der Waals surface area contributed by atoms with Crippen molar-refractivity contribution in [3.8, 4) is 0 Å². The SMILES string of the molecule is CSc1nc(NC(C)C)c2cnn(CCNC(=O)c3cc(Cl)cc(Cl)c3)c2n1. The number of carbonyl (C=O) groups excluding carboxylic acids is 1. The van der Waals surface area contributed by atoms with Crippen LogP contribution in [0.4, 0.5) is 5.82 Å². The molecule has 28 heavy (non-hydrogen) atoms. The summed E-state index contributed by atoms with van der Waals surface area (Å²) in [6.45, 7) is 4.95. The van der Waals surface area contributed by atoms with Crippen LogP contribution in [0.15, 0.2) is 29.6 Å². The van der Waals surface area contributed by atoms with E-state index in [9.17, 15) is 4.79 Å². The fraction of sp³-hybridized carbons (Fsp3) is 0.333. The molecule has 0 atom stereocenters. The van der Waals surface area contributed by atoms with Crippen LogP contribution in [-0.2, 0) is 6.54 Å². The first-order valence-corrected chi connectivity index (χ1v) is 10.6. The predicted octanol–water partition coefficient (Wildman–Crippen LogP) is 4.11. The van der Waals surface area contributed by atoms with Gasteiger partial charge in [0, 0.05) is 28.2 Å². The summed E-state index contributed by atoms with van der Waals surface area (Å²) in [6.07, 6.45) is 3.67. The van der Waals surface area contributed by atoms with Crippen LogP contribution >= 0.6 is 35.0 Å². The van der Waals surface area contributed by atoms with Gasteiger partial charge in [0.05, 0.1) is 18.1 Å². The highest BCUT2D eigenvalue weighted by atomic mass is 35.5. The number of rotatable bonds is 7. The summed E-state index contributed by atoms with van der Waals surface area (Å²) in [7, 11) is 0. The van der Waals surface area contributed by atoms with E-state index in [1.165, 1.54) is 11.8 Å². The van der Waals surface area contributed by atoms with Crippen molar-refractivity contribution in [3.05, 3.63) is 40.0 Å². The van der Waals surface area contributed by atoms with Crippen molar-refractivity contribution in [2.24, 2.45) is 0 Å².